The first kappa shape index (κ1) is 14.3. The first-order valence-corrected chi connectivity index (χ1v) is 7.23. The smallest absolute Gasteiger partial charge is 0.139 e. The molecule has 0 bridgehead atoms. The van der Waals surface area contributed by atoms with E-state index in [-0.39, 0.29) is 0 Å². The molecule has 0 aliphatic heterocycles. The number of benzene rings is 2. The minimum Gasteiger partial charge on any atom is -0.496 e. The fraction of sp³-hybridized carbons (Fsp3) is 0.222. The lowest BCUT2D eigenvalue weighted by molar-refractivity contribution is 0.409. The van der Waals surface area contributed by atoms with Gasteiger partial charge in [0.1, 0.15) is 17.9 Å². The van der Waals surface area contributed by atoms with E-state index in [0.717, 1.165) is 34.6 Å². The summed E-state index contributed by atoms with van der Waals surface area (Å²) in [4.78, 5) is 10.9. The first-order chi connectivity index (χ1) is 10.7. The average Bonchev–Trinajstić information content (AvgIpc) is 2.54. The van der Waals surface area contributed by atoms with Gasteiger partial charge >= 0.3 is 0 Å². The predicted octanol–water partition coefficient (Wildman–Crippen LogP) is 3.58. The molecule has 0 radical (unpaired) electrons. The van der Waals surface area contributed by atoms with Crippen LogP contribution in [-0.4, -0.2) is 24.1 Å². The molecule has 1 heterocycles. The van der Waals surface area contributed by atoms with Gasteiger partial charge in [-0.3, -0.25) is 0 Å². The first-order valence-electron chi connectivity index (χ1n) is 7.23. The van der Waals surface area contributed by atoms with Gasteiger partial charge in [0.2, 0.25) is 0 Å². The van der Waals surface area contributed by atoms with Gasteiger partial charge in [0.05, 0.1) is 12.6 Å². The van der Waals surface area contributed by atoms with Crippen LogP contribution in [-0.2, 0) is 6.54 Å². The molecule has 1 aromatic heterocycles. The number of hydrogen-bond acceptors (Lipinski definition) is 4. The largest absolute Gasteiger partial charge is 0.496 e. The molecule has 0 fully saturated rings. The lowest BCUT2D eigenvalue weighted by Crippen LogP contribution is -2.18. The summed E-state index contributed by atoms with van der Waals surface area (Å²) >= 11 is 0. The number of hydrogen-bond donors (Lipinski definition) is 0. The Labute approximate surface area is 130 Å². The Kier molecular flexibility index (Phi) is 3.92. The van der Waals surface area contributed by atoms with Gasteiger partial charge in [-0.15, -0.1) is 0 Å². The second-order valence-electron chi connectivity index (χ2n) is 5.39. The molecule has 2 aromatic carbocycles. The summed E-state index contributed by atoms with van der Waals surface area (Å²) in [6.45, 7) is 2.81. The number of fused-ring (bicyclic) bond motifs is 1. The molecular formula is C18H19N3O. The highest BCUT2D eigenvalue weighted by Gasteiger charge is 2.11. The molecule has 22 heavy (non-hydrogen) atoms. The van der Waals surface area contributed by atoms with Crippen LogP contribution in [0.25, 0.3) is 10.9 Å². The third-order valence-electron chi connectivity index (χ3n) is 3.73. The van der Waals surface area contributed by atoms with E-state index >= 15 is 0 Å². The summed E-state index contributed by atoms with van der Waals surface area (Å²) in [6, 6.07) is 14.3. The lowest BCUT2D eigenvalue weighted by Gasteiger charge is -2.21. The molecule has 0 saturated heterocycles. The Morgan fingerprint density at radius 1 is 1.09 bits per heavy atom. The van der Waals surface area contributed by atoms with E-state index in [1.165, 1.54) is 5.56 Å². The van der Waals surface area contributed by atoms with Crippen LogP contribution in [0.5, 0.6) is 5.75 Å². The lowest BCUT2D eigenvalue weighted by atomic mass is 10.1. The zero-order valence-corrected chi connectivity index (χ0v) is 13.1. The van der Waals surface area contributed by atoms with Crippen LogP contribution in [0, 0.1) is 6.92 Å². The molecule has 0 aliphatic carbocycles. The maximum absolute atomic E-state index is 5.47. The summed E-state index contributed by atoms with van der Waals surface area (Å²) in [5, 5.41) is 1.05. The van der Waals surface area contributed by atoms with Gasteiger partial charge in [0.15, 0.2) is 0 Å². The van der Waals surface area contributed by atoms with Gasteiger partial charge in [0.25, 0.3) is 0 Å². The molecular weight excluding hydrogens is 274 g/mol. The zero-order chi connectivity index (χ0) is 15.5. The van der Waals surface area contributed by atoms with E-state index in [1.54, 1.807) is 13.4 Å². The van der Waals surface area contributed by atoms with Gasteiger partial charge in [-0.05, 0) is 25.1 Å². The standard InChI is InChI=1S/C18H19N3O/c1-13-8-9-17(22-3)14(10-13)11-21(2)18-15-6-4-5-7-16(15)19-12-20-18/h4-10,12H,11H2,1-3H3. The maximum atomic E-state index is 5.47. The number of anilines is 1. The van der Waals surface area contributed by atoms with E-state index < -0.39 is 0 Å². The highest BCUT2D eigenvalue weighted by atomic mass is 16.5. The molecule has 0 N–H and O–H groups in total. The Morgan fingerprint density at radius 2 is 1.91 bits per heavy atom. The van der Waals surface area contributed by atoms with Gasteiger partial charge in [-0.1, -0.05) is 29.8 Å². The number of rotatable bonds is 4. The Morgan fingerprint density at radius 3 is 2.73 bits per heavy atom. The van der Waals surface area contributed by atoms with Crippen molar-refractivity contribution in [3.8, 4) is 5.75 Å². The number of para-hydroxylation sites is 1. The van der Waals surface area contributed by atoms with Crippen LogP contribution in [0.2, 0.25) is 0 Å². The summed E-state index contributed by atoms with van der Waals surface area (Å²) in [7, 11) is 3.74. The van der Waals surface area contributed by atoms with Gasteiger partial charge < -0.3 is 9.64 Å². The molecule has 4 nitrogen and oxygen atoms in total. The summed E-state index contributed by atoms with van der Waals surface area (Å²) in [6.07, 6.45) is 1.61. The molecule has 3 rings (SSSR count). The molecule has 0 spiro atoms. The van der Waals surface area contributed by atoms with Gasteiger partial charge in [-0.25, -0.2) is 9.97 Å². The van der Waals surface area contributed by atoms with E-state index in [2.05, 4.69) is 40.0 Å². The molecule has 3 aromatic rings. The molecule has 0 saturated carbocycles. The van der Waals surface area contributed by atoms with Crippen LogP contribution >= 0.6 is 0 Å². The Balaban J connectivity index is 1.97. The molecule has 0 amide bonds. The van der Waals surface area contributed by atoms with Crippen molar-refractivity contribution in [3.63, 3.8) is 0 Å². The number of nitrogens with zero attached hydrogens (tertiary/aromatic N) is 3. The van der Waals surface area contributed by atoms with Crippen molar-refractivity contribution in [1.82, 2.24) is 9.97 Å². The zero-order valence-electron chi connectivity index (χ0n) is 13.1. The summed E-state index contributed by atoms with van der Waals surface area (Å²) in [5.74, 6) is 1.82. The molecule has 4 heteroatoms. The van der Waals surface area contributed by atoms with Crippen LogP contribution in [0.15, 0.2) is 48.8 Å². The van der Waals surface area contributed by atoms with Crippen molar-refractivity contribution < 1.29 is 4.74 Å². The summed E-state index contributed by atoms with van der Waals surface area (Å²) < 4.78 is 5.47. The van der Waals surface area contributed by atoms with Crippen molar-refractivity contribution >= 4 is 16.7 Å². The normalized spacial score (nSPS) is 10.7. The highest BCUT2D eigenvalue weighted by Crippen LogP contribution is 2.26. The number of aryl methyl sites for hydroxylation is 1. The average molecular weight is 293 g/mol. The van der Waals surface area contributed by atoms with E-state index in [9.17, 15) is 0 Å². The maximum Gasteiger partial charge on any atom is 0.139 e. The van der Waals surface area contributed by atoms with Crippen molar-refractivity contribution in [1.29, 1.82) is 0 Å². The minimum atomic E-state index is 0.728. The Hall–Kier alpha value is -2.62. The Bertz CT molecular complexity index is 796. The number of ether oxygens (including phenoxy) is 1. The van der Waals surface area contributed by atoms with Crippen molar-refractivity contribution in [3.05, 3.63) is 59.9 Å². The van der Waals surface area contributed by atoms with E-state index in [4.69, 9.17) is 4.74 Å². The fourth-order valence-electron chi connectivity index (χ4n) is 2.66. The SMILES string of the molecule is COc1ccc(C)cc1CN(C)c1ncnc2ccccc12. The fourth-order valence-corrected chi connectivity index (χ4v) is 2.66. The topological polar surface area (TPSA) is 38.2 Å². The second kappa shape index (κ2) is 6.02. The van der Waals surface area contributed by atoms with Gasteiger partial charge in [-0.2, -0.15) is 0 Å². The van der Waals surface area contributed by atoms with Crippen LogP contribution in [0.4, 0.5) is 5.82 Å². The third kappa shape index (κ3) is 2.72. The second-order valence-corrected chi connectivity index (χ2v) is 5.39. The van der Waals surface area contributed by atoms with Crippen LogP contribution in [0.1, 0.15) is 11.1 Å². The minimum absolute atomic E-state index is 0.728. The van der Waals surface area contributed by atoms with Crippen molar-refractivity contribution in [2.24, 2.45) is 0 Å². The van der Waals surface area contributed by atoms with Crippen LogP contribution < -0.4 is 9.64 Å². The highest BCUT2D eigenvalue weighted by molar-refractivity contribution is 5.89. The van der Waals surface area contributed by atoms with Gasteiger partial charge in [0, 0.05) is 24.5 Å². The van der Waals surface area contributed by atoms with Crippen molar-refractivity contribution in [2.75, 3.05) is 19.1 Å². The third-order valence-corrected chi connectivity index (χ3v) is 3.73. The predicted molar refractivity (Wildman–Crippen MR) is 89.4 cm³/mol. The number of aromatic nitrogens is 2. The monoisotopic (exact) mass is 293 g/mol. The molecule has 0 unspecified atom stereocenters. The molecule has 0 atom stereocenters. The molecule has 112 valence electrons. The quantitative estimate of drug-likeness (QED) is 0.737. The van der Waals surface area contributed by atoms with Crippen molar-refractivity contribution in [2.45, 2.75) is 13.5 Å². The van der Waals surface area contributed by atoms with E-state index in [0.29, 0.717) is 0 Å². The molecule has 0 aliphatic rings. The summed E-state index contributed by atoms with van der Waals surface area (Å²) in [5.41, 5.74) is 3.32. The van der Waals surface area contributed by atoms with E-state index in [1.807, 2.05) is 31.3 Å². The number of methoxy groups -OCH3 is 1. The van der Waals surface area contributed by atoms with Crippen LogP contribution in [0.3, 0.4) is 0 Å².